The van der Waals surface area contributed by atoms with E-state index in [9.17, 15) is 24.2 Å². The van der Waals surface area contributed by atoms with Gasteiger partial charge in [-0.2, -0.15) is 0 Å². The maximum Gasteiger partial charge on any atom is 0.472 e. The van der Waals surface area contributed by atoms with Crippen LogP contribution in [0.15, 0.2) is 48.8 Å². The van der Waals surface area contributed by atoms with Gasteiger partial charge in [0.1, 0.15) is 19.8 Å². The molecule has 11 heteroatoms. The van der Waals surface area contributed by atoms with Crippen molar-refractivity contribution >= 4 is 19.6 Å². The Labute approximate surface area is 335 Å². The lowest BCUT2D eigenvalue weighted by molar-refractivity contribution is -0.870. The molecular formula is C44H79NO9P+. The molecule has 0 radical (unpaired) electrons. The van der Waals surface area contributed by atoms with Crippen LogP contribution < -0.4 is 0 Å². The summed E-state index contributed by atoms with van der Waals surface area (Å²) in [5.74, 6) is -0.517. The second-order valence-corrected chi connectivity index (χ2v) is 17.6. The molecular weight excluding hydrogens is 717 g/mol. The highest BCUT2D eigenvalue weighted by atomic mass is 31.2. The lowest BCUT2D eigenvalue weighted by Gasteiger charge is -2.24. The van der Waals surface area contributed by atoms with Crippen LogP contribution in [0.25, 0.3) is 0 Å². The molecule has 0 bridgehead atoms. The lowest BCUT2D eigenvalue weighted by Crippen LogP contribution is -2.37. The summed E-state index contributed by atoms with van der Waals surface area (Å²) in [5, 5.41) is 10.2. The molecule has 0 aromatic carbocycles. The molecule has 318 valence electrons. The van der Waals surface area contributed by atoms with Crippen LogP contribution in [0.5, 0.6) is 0 Å². The quantitative estimate of drug-likeness (QED) is 0.0159. The van der Waals surface area contributed by atoms with E-state index in [-0.39, 0.29) is 49.8 Å². The van der Waals surface area contributed by atoms with Crippen molar-refractivity contribution in [2.24, 2.45) is 11.8 Å². The molecule has 2 N–H and O–H groups in total. The molecule has 0 amide bonds. The summed E-state index contributed by atoms with van der Waals surface area (Å²) in [7, 11) is 1.56. The standard InChI is InChI=1S/C44H78NO9P/c1-6-8-10-11-12-13-14-15-16-17-18-19-22-26-35-51-41(38-54-55(49,50)53-36-34-45(3,4)5)37-52-44(48)29-25-21-20-24-27-39-30-33-43(47)42(39)32-31-40(46)28-23-9-7-2/h20,24,26,30-33,35,39-42,46H,6-19,21-23,25,27-29,34,36-38H2,1-5H3/p+1/b24-20-,32-31+,35-26+/t39-,40-,41+,42+/m0/s1. The first-order valence-electron chi connectivity index (χ1n) is 21.5. The lowest BCUT2D eigenvalue weighted by atomic mass is 9.90. The van der Waals surface area contributed by atoms with E-state index in [0.29, 0.717) is 36.7 Å². The summed E-state index contributed by atoms with van der Waals surface area (Å²) in [4.78, 5) is 35.1. The summed E-state index contributed by atoms with van der Waals surface area (Å²) in [5.41, 5.74) is 0. The number of carbonyl (C=O) groups excluding carboxylic acids is 2. The topological polar surface area (TPSA) is 129 Å². The van der Waals surface area contributed by atoms with Gasteiger partial charge in [-0.05, 0) is 56.6 Å². The Hall–Kier alpha value is -2.07. The highest BCUT2D eigenvalue weighted by Gasteiger charge is 2.27. The number of phosphoric ester groups is 1. The Morgan fingerprint density at radius 1 is 0.836 bits per heavy atom. The van der Waals surface area contributed by atoms with Gasteiger partial charge in [0.25, 0.3) is 0 Å². The number of hydrogen-bond acceptors (Lipinski definition) is 8. The largest absolute Gasteiger partial charge is 0.492 e. The van der Waals surface area contributed by atoms with E-state index in [1.165, 1.54) is 64.2 Å². The third-order valence-corrected chi connectivity index (χ3v) is 10.7. The molecule has 0 aromatic rings. The number of rotatable bonds is 36. The van der Waals surface area contributed by atoms with Gasteiger partial charge in [0, 0.05) is 12.3 Å². The Bertz CT molecular complexity index is 1160. The van der Waals surface area contributed by atoms with Crippen molar-refractivity contribution in [2.45, 2.75) is 161 Å². The van der Waals surface area contributed by atoms with Gasteiger partial charge >= 0.3 is 13.8 Å². The summed E-state index contributed by atoms with van der Waals surface area (Å²) in [6, 6.07) is 0. The van der Waals surface area contributed by atoms with Gasteiger partial charge in [-0.1, -0.05) is 134 Å². The Balaban J connectivity index is 2.45. The van der Waals surface area contributed by atoms with Crippen molar-refractivity contribution in [3.63, 3.8) is 0 Å². The number of quaternary nitrogens is 1. The van der Waals surface area contributed by atoms with Gasteiger partial charge < -0.3 is 24.0 Å². The first-order valence-corrected chi connectivity index (χ1v) is 23.0. The molecule has 0 aliphatic heterocycles. The van der Waals surface area contributed by atoms with Gasteiger partial charge in [0.2, 0.25) is 0 Å². The van der Waals surface area contributed by atoms with Gasteiger partial charge in [0.05, 0.1) is 40.1 Å². The molecule has 55 heavy (non-hydrogen) atoms. The number of phosphoric acid groups is 1. The zero-order valence-corrected chi connectivity index (χ0v) is 36.1. The highest BCUT2D eigenvalue weighted by Crippen LogP contribution is 2.43. The number of esters is 1. The first kappa shape index (κ1) is 50.9. The van der Waals surface area contributed by atoms with Gasteiger partial charge in [-0.3, -0.25) is 18.6 Å². The van der Waals surface area contributed by atoms with Crippen LogP contribution in [-0.2, 0) is 32.7 Å². The van der Waals surface area contributed by atoms with Gasteiger partial charge in [0.15, 0.2) is 11.9 Å². The van der Waals surface area contributed by atoms with Crippen LogP contribution in [0.1, 0.15) is 149 Å². The number of hydrogen-bond donors (Lipinski definition) is 2. The van der Waals surface area contributed by atoms with Crippen molar-refractivity contribution in [2.75, 3.05) is 47.5 Å². The minimum Gasteiger partial charge on any atom is -0.492 e. The molecule has 0 spiro atoms. The zero-order valence-electron chi connectivity index (χ0n) is 35.3. The number of allylic oxidation sites excluding steroid dienone is 6. The maximum atomic E-state index is 12.6. The van der Waals surface area contributed by atoms with E-state index in [0.717, 1.165) is 38.5 Å². The Morgan fingerprint density at radius 2 is 1.45 bits per heavy atom. The van der Waals surface area contributed by atoms with Crippen molar-refractivity contribution in [1.29, 1.82) is 0 Å². The number of ether oxygens (including phenoxy) is 2. The fraction of sp³-hybridized carbons (Fsp3) is 0.773. The average Bonchev–Trinajstić information content (AvgIpc) is 3.48. The average molecular weight is 797 g/mol. The van der Waals surface area contributed by atoms with E-state index in [1.807, 2.05) is 51.5 Å². The zero-order chi connectivity index (χ0) is 40.6. The number of aliphatic hydroxyl groups is 1. The molecule has 1 rings (SSSR count). The molecule has 1 aliphatic carbocycles. The Morgan fingerprint density at radius 3 is 2.11 bits per heavy atom. The SMILES string of the molecule is CCCCCCCCCCCCCC/C=C/O[C@H](COC(=O)CCC/C=C\C[C@H]1C=CC(=O)[C@@H]1/C=C/[C@@H](O)CCCCC)COP(=O)(O)OCC[N+](C)(C)C. The van der Waals surface area contributed by atoms with Crippen molar-refractivity contribution < 1.29 is 47.2 Å². The first-order chi connectivity index (χ1) is 26.4. The molecule has 1 aliphatic rings. The minimum atomic E-state index is -4.31. The number of aliphatic hydroxyl groups excluding tert-OH is 1. The number of unbranched alkanes of at least 4 members (excludes halogenated alkanes) is 15. The van der Waals surface area contributed by atoms with E-state index < -0.39 is 20.0 Å². The maximum absolute atomic E-state index is 12.6. The predicted molar refractivity (Wildman–Crippen MR) is 223 cm³/mol. The van der Waals surface area contributed by atoms with Gasteiger partial charge in [-0.25, -0.2) is 4.57 Å². The van der Waals surface area contributed by atoms with Crippen molar-refractivity contribution in [3.8, 4) is 0 Å². The van der Waals surface area contributed by atoms with Crippen molar-refractivity contribution in [1.82, 2.24) is 0 Å². The van der Waals surface area contributed by atoms with Crippen LogP contribution in [0.3, 0.4) is 0 Å². The molecule has 0 saturated carbocycles. The molecule has 0 saturated heterocycles. The van der Waals surface area contributed by atoms with Crippen LogP contribution in [-0.4, -0.2) is 86.0 Å². The fourth-order valence-electron chi connectivity index (χ4n) is 6.17. The number of carbonyl (C=O) groups is 2. The van der Waals surface area contributed by atoms with E-state index >= 15 is 0 Å². The number of ketones is 1. The summed E-state index contributed by atoms with van der Waals surface area (Å²) >= 11 is 0. The van der Waals surface area contributed by atoms with E-state index in [2.05, 4.69) is 13.8 Å². The molecule has 10 nitrogen and oxygen atoms in total. The number of nitrogens with zero attached hydrogens (tertiary/aromatic N) is 1. The normalized spacial score (nSPS) is 18.5. The second kappa shape index (κ2) is 32.0. The van der Waals surface area contributed by atoms with E-state index in [4.69, 9.17) is 18.5 Å². The van der Waals surface area contributed by atoms with Crippen LogP contribution in [0.4, 0.5) is 0 Å². The summed E-state index contributed by atoms with van der Waals surface area (Å²) in [6.45, 7) is 4.57. The Kier molecular flexibility index (Phi) is 29.6. The number of likely N-dealkylation sites (N-methyl/N-ethyl adjacent to an activating group) is 1. The third kappa shape index (κ3) is 29.8. The van der Waals surface area contributed by atoms with E-state index in [1.54, 1.807) is 18.4 Å². The molecule has 0 aromatic heterocycles. The smallest absolute Gasteiger partial charge is 0.472 e. The molecule has 1 unspecified atom stereocenters. The second-order valence-electron chi connectivity index (χ2n) is 16.1. The molecule has 0 heterocycles. The summed E-state index contributed by atoms with van der Waals surface area (Å²) in [6.07, 6.45) is 35.8. The van der Waals surface area contributed by atoms with Crippen LogP contribution >= 0.6 is 7.82 Å². The molecule has 0 fully saturated rings. The van der Waals surface area contributed by atoms with Gasteiger partial charge in [-0.15, -0.1) is 0 Å². The van der Waals surface area contributed by atoms with Crippen LogP contribution in [0.2, 0.25) is 0 Å². The predicted octanol–water partition coefficient (Wildman–Crippen LogP) is 10.3. The van der Waals surface area contributed by atoms with Crippen LogP contribution in [0, 0.1) is 11.8 Å². The third-order valence-electron chi connectivity index (χ3n) is 9.73. The summed E-state index contributed by atoms with van der Waals surface area (Å²) < 4.78 is 34.7. The highest BCUT2D eigenvalue weighted by molar-refractivity contribution is 7.47. The monoisotopic (exact) mass is 797 g/mol. The van der Waals surface area contributed by atoms with Crippen molar-refractivity contribution in [3.05, 3.63) is 48.8 Å². The fourth-order valence-corrected chi connectivity index (χ4v) is 6.91. The minimum absolute atomic E-state index is 0.0572. The molecule has 5 atom stereocenters.